The Bertz CT molecular complexity index is 1780. The Balaban J connectivity index is 0.000000968. The maximum Gasteiger partial charge on any atom is 1.00 e. The monoisotopic (exact) mass is 1100 g/mol. The minimum absolute atomic E-state index is 0. The van der Waals surface area contributed by atoms with Gasteiger partial charge >= 0.3 is 111 Å². The fourth-order valence-electron chi connectivity index (χ4n) is 6.86. The van der Waals surface area contributed by atoms with Gasteiger partial charge in [-0.05, 0) is 49.0 Å². The SMILES string of the molecule is CCCCCCCCC[N+]1=[C-]N(Cc2ccc(Cn3[c-][n+](CCCCCCCCC)c4ccccc43)cc2)C2C=CC=CC21.F[P-](F)(F)(F)(F)F.F[P-](F)(F)(F)(F)F.[Ag+].[Ag+]. The number of imidazole rings is 1. The number of rotatable bonds is 20. The first-order valence-corrected chi connectivity index (χ1v) is 24.0. The van der Waals surface area contributed by atoms with Crippen molar-refractivity contribution in [2.45, 2.75) is 135 Å². The number of hydrogen-bond donors (Lipinski definition) is 0. The standard InChI is InChI=1S/C40H56N4.2Ag.2F6P/c1-3-5-7-9-11-13-19-29-41-33-43(39-23-17-15-21-37(39)41)31-35-25-27-36(28-26-35)32-44-34-42(38-22-16-18-24-40(38)44)30-20-14-12-10-8-6-4-2;;;2*1-7(2,3,4,5)6/h15-18,21-28,37,39H,3-14,19-20,29-32H2,1-2H3;;;;/q;2*+1;2*-1. The summed E-state index contributed by atoms with van der Waals surface area (Å²) < 4.78 is 125. The van der Waals surface area contributed by atoms with Gasteiger partial charge in [0, 0.05) is 11.0 Å². The van der Waals surface area contributed by atoms with Crippen LogP contribution in [0.1, 0.15) is 115 Å². The van der Waals surface area contributed by atoms with Crippen molar-refractivity contribution in [3.8, 4) is 0 Å². The predicted molar refractivity (Wildman–Crippen MR) is 211 cm³/mol. The molecule has 352 valence electrons. The third-order valence-corrected chi connectivity index (χ3v) is 9.46. The largest absolute Gasteiger partial charge is 1.00 e. The predicted octanol–water partition coefficient (Wildman–Crippen LogP) is 15.6. The number of nitrogens with zero attached hydrogens (tertiary/aromatic N) is 4. The van der Waals surface area contributed by atoms with Crippen molar-refractivity contribution in [3.05, 3.63) is 90.3 Å². The van der Waals surface area contributed by atoms with Crippen LogP contribution in [-0.2, 0) is 64.4 Å². The molecule has 0 amide bonds. The van der Waals surface area contributed by atoms with Gasteiger partial charge in [-0.3, -0.25) is 0 Å². The molecule has 0 fully saturated rings. The molecule has 2 atom stereocenters. The molecule has 2 heterocycles. The van der Waals surface area contributed by atoms with Gasteiger partial charge in [0.15, 0.2) is 0 Å². The van der Waals surface area contributed by atoms with Crippen LogP contribution < -0.4 is 4.57 Å². The molecule has 0 saturated heterocycles. The molecule has 1 aliphatic heterocycles. The van der Waals surface area contributed by atoms with E-state index in [0.29, 0.717) is 12.1 Å². The van der Waals surface area contributed by atoms with Crippen LogP contribution >= 0.6 is 15.6 Å². The van der Waals surface area contributed by atoms with E-state index < -0.39 is 15.6 Å². The van der Waals surface area contributed by atoms with Crippen LogP contribution in [-0.4, -0.2) is 39.0 Å². The zero-order valence-corrected chi connectivity index (χ0v) is 38.4. The zero-order chi connectivity index (χ0) is 43.2. The van der Waals surface area contributed by atoms with Crippen molar-refractivity contribution in [2.24, 2.45) is 0 Å². The maximum absolute atomic E-state index is 10.7. The first-order valence-electron chi connectivity index (χ1n) is 19.9. The fraction of sp³-hybridized carbons (Fsp3) is 0.550. The van der Waals surface area contributed by atoms with Crippen LogP contribution in [0.25, 0.3) is 11.0 Å². The minimum atomic E-state index is -10.7. The van der Waals surface area contributed by atoms with E-state index in [0.717, 1.165) is 26.2 Å². The van der Waals surface area contributed by atoms with E-state index in [1.165, 1.54) is 112 Å². The molecule has 20 heteroatoms. The third kappa shape index (κ3) is 26.7. The summed E-state index contributed by atoms with van der Waals surface area (Å²) in [6.07, 6.45) is 35.3. The molecular formula is C40H56Ag2F12N4P2. The number of halogens is 12. The second kappa shape index (κ2) is 22.3. The van der Waals surface area contributed by atoms with Gasteiger partial charge in [-0.2, -0.15) is 0 Å². The number of aromatic nitrogens is 2. The molecule has 0 N–H and O–H groups in total. The second-order valence-corrected chi connectivity index (χ2v) is 18.8. The van der Waals surface area contributed by atoms with Gasteiger partial charge in [0.2, 0.25) is 6.33 Å². The molecule has 0 bridgehead atoms. The molecule has 1 aromatic heterocycles. The quantitative estimate of drug-likeness (QED) is 0.0275. The second-order valence-electron chi connectivity index (χ2n) is 15.0. The topological polar surface area (TPSA) is 15.1 Å². The molecular weight excluding hydrogens is 1040 g/mol. The Morgan fingerprint density at radius 2 is 0.983 bits per heavy atom. The van der Waals surface area contributed by atoms with E-state index in [-0.39, 0.29) is 44.8 Å². The zero-order valence-electron chi connectivity index (χ0n) is 33.6. The molecule has 3 aromatic rings. The average molecular weight is 1100 g/mol. The van der Waals surface area contributed by atoms with Crippen molar-refractivity contribution < 1.29 is 104 Å². The molecule has 2 unspecified atom stereocenters. The summed E-state index contributed by atoms with van der Waals surface area (Å²) in [5, 5.41) is 0. The number of unbranched alkanes of at least 4 members (excludes halogenated alkanes) is 12. The van der Waals surface area contributed by atoms with E-state index in [9.17, 15) is 50.4 Å². The Morgan fingerprint density at radius 3 is 1.50 bits per heavy atom. The smallest absolute Gasteiger partial charge is 1.00 e. The summed E-state index contributed by atoms with van der Waals surface area (Å²) in [6, 6.07) is 18.8. The minimum Gasteiger partial charge on any atom is 1.00 e. The average Bonchev–Trinajstić information content (AvgIpc) is 3.63. The molecule has 0 saturated carbocycles. The van der Waals surface area contributed by atoms with E-state index in [2.05, 4.69) is 118 Å². The number of para-hydroxylation sites is 2. The summed E-state index contributed by atoms with van der Waals surface area (Å²) in [7, 11) is -21.3. The van der Waals surface area contributed by atoms with Crippen LogP contribution in [0.15, 0.2) is 72.8 Å². The number of allylic oxidation sites excluding steroid dienone is 2. The molecule has 2 aliphatic rings. The van der Waals surface area contributed by atoms with Gasteiger partial charge < -0.3 is 18.6 Å². The van der Waals surface area contributed by atoms with Gasteiger partial charge in [0.25, 0.3) is 0 Å². The van der Waals surface area contributed by atoms with Gasteiger partial charge in [-0.25, -0.2) is 0 Å². The van der Waals surface area contributed by atoms with Gasteiger partial charge in [-0.1, -0.05) is 139 Å². The van der Waals surface area contributed by atoms with Crippen LogP contribution in [0.4, 0.5) is 50.4 Å². The van der Waals surface area contributed by atoms with E-state index >= 15 is 0 Å². The first kappa shape index (κ1) is 56.4. The third-order valence-electron chi connectivity index (χ3n) is 9.46. The Hall–Kier alpha value is -1.64. The summed E-state index contributed by atoms with van der Waals surface area (Å²) in [5.74, 6) is 0. The number of aryl methyl sites for hydroxylation is 1. The van der Waals surface area contributed by atoms with Gasteiger partial charge in [-0.15, -0.1) is 6.34 Å². The summed E-state index contributed by atoms with van der Waals surface area (Å²) in [5.41, 5.74) is 5.23. The van der Waals surface area contributed by atoms with Crippen molar-refractivity contribution in [1.82, 2.24) is 9.47 Å². The first-order chi connectivity index (χ1) is 26.7. The number of fused-ring (bicyclic) bond motifs is 2. The van der Waals surface area contributed by atoms with E-state index in [1.54, 1.807) is 0 Å². The molecule has 2 aromatic carbocycles. The summed E-state index contributed by atoms with van der Waals surface area (Å²) in [6.45, 7) is 8.46. The Labute approximate surface area is 377 Å². The molecule has 1 aliphatic carbocycles. The van der Waals surface area contributed by atoms with Crippen LogP contribution in [0, 0.1) is 6.33 Å². The van der Waals surface area contributed by atoms with Crippen LogP contribution in [0.5, 0.6) is 0 Å². The number of hydrogen-bond acceptors (Lipinski definition) is 1. The van der Waals surface area contributed by atoms with Crippen LogP contribution in [0.3, 0.4) is 0 Å². The molecule has 0 spiro atoms. The van der Waals surface area contributed by atoms with Crippen LogP contribution in [0.2, 0.25) is 0 Å². The molecule has 5 rings (SSSR count). The summed E-state index contributed by atoms with van der Waals surface area (Å²) >= 11 is 0. The van der Waals surface area contributed by atoms with Crippen molar-refractivity contribution in [1.29, 1.82) is 0 Å². The molecule has 0 radical (unpaired) electrons. The fourth-order valence-corrected chi connectivity index (χ4v) is 6.86. The Morgan fingerprint density at radius 1 is 0.550 bits per heavy atom. The van der Waals surface area contributed by atoms with Gasteiger partial charge in [0.05, 0.1) is 26.2 Å². The molecule has 60 heavy (non-hydrogen) atoms. The van der Waals surface area contributed by atoms with Crippen molar-refractivity contribution in [3.63, 3.8) is 0 Å². The van der Waals surface area contributed by atoms with E-state index in [4.69, 9.17) is 0 Å². The van der Waals surface area contributed by atoms with Gasteiger partial charge in [0.1, 0.15) is 12.1 Å². The number of benzene rings is 2. The van der Waals surface area contributed by atoms with E-state index in [1.807, 2.05) is 0 Å². The Kier molecular flexibility index (Phi) is 21.0. The van der Waals surface area contributed by atoms with Crippen molar-refractivity contribution in [2.75, 3.05) is 6.54 Å². The maximum atomic E-state index is 9.87. The molecule has 4 nitrogen and oxygen atoms in total. The summed E-state index contributed by atoms with van der Waals surface area (Å²) in [4.78, 5) is 2.42. The normalized spacial score (nSPS) is 18.2. The van der Waals surface area contributed by atoms with Crippen molar-refractivity contribution >= 4 is 33.0 Å².